The lowest BCUT2D eigenvalue weighted by Crippen LogP contribution is -2.07. The highest BCUT2D eigenvalue weighted by atomic mass is 32.1. The second-order valence-electron chi connectivity index (χ2n) is 6.02. The van der Waals surface area contributed by atoms with Gasteiger partial charge in [0.05, 0.1) is 5.39 Å². The predicted octanol–water partition coefficient (Wildman–Crippen LogP) is 4.00. The summed E-state index contributed by atoms with van der Waals surface area (Å²) in [5.41, 5.74) is 1.45. The Labute approximate surface area is 152 Å². The van der Waals surface area contributed by atoms with Gasteiger partial charge in [-0.1, -0.05) is 12.1 Å². The Bertz CT molecular complexity index is 1070. The number of aromatic nitrogens is 4. The smallest absolute Gasteiger partial charge is 0.165 e. The van der Waals surface area contributed by atoms with E-state index in [0.717, 1.165) is 20.8 Å². The molecule has 0 spiro atoms. The zero-order valence-electron chi connectivity index (χ0n) is 14.1. The van der Waals surface area contributed by atoms with Crippen LogP contribution in [0.3, 0.4) is 0 Å². The zero-order chi connectivity index (χ0) is 18.3. The van der Waals surface area contributed by atoms with Crippen molar-refractivity contribution in [2.45, 2.75) is 20.0 Å². The molecule has 1 aromatic carbocycles. The summed E-state index contributed by atoms with van der Waals surface area (Å²) in [6, 6.07) is 9.52. The molecule has 3 N–H and O–H groups in total. The van der Waals surface area contributed by atoms with Gasteiger partial charge in [-0.05, 0) is 37.6 Å². The molecule has 4 aromatic rings. The average molecular weight is 369 g/mol. The Morgan fingerprint density at radius 1 is 1.15 bits per heavy atom. The summed E-state index contributed by atoms with van der Waals surface area (Å²) in [4.78, 5) is 10.9. The Kier molecular flexibility index (Phi) is 4.14. The Balaban J connectivity index is 1.78. The number of rotatable bonds is 4. The molecule has 0 aliphatic heterocycles. The summed E-state index contributed by atoms with van der Waals surface area (Å²) < 4.78 is 13.1. The van der Waals surface area contributed by atoms with E-state index in [9.17, 15) is 9.50 Å². The summed E-state index contributed by atoms with van der Waals surface area (Å²) in [6.07, 6.45) is -1.05. The van der Waals surface area contributed by atoms with Gasteiger partial charge in [-0.25, -0.2) is 14.4 Å². The molecule has 3 heterocycles. The van der Waals surface area contributed by atoms with Crippen molar-refractivity contribution in [2.75, 3.05) is 5.32 Å². The number of aryl methyl sites for hydroxylation is 2. The number of fused-ring (bicyclic) bond motifs is 1. The standard InChI is InChI=1S/C18H16FN5OS/c1-9-7-14(24-23-9)20-16-13-8-10(2)26-18(13)22-17(21-16)15(25)11-3-5-12(19)6-4-11/h3-8,15,25H,1-2H3,(H2,20,21,22,23,24). The highest BCUT2D eigenvalue weighted by molar-refractivity contribution is 7.18. The monoisotopic (exact) mass is 369 g/mol. The van der Waals surface area contributed by atoms with Crippen LogP contribution >= 0.6 is 11.3 Å². The number of aromatic amines is 1. The van der Waals surface area contributed by atoms with Crippen molar-refractivity contribution in [1.82, 2.24) is 20.2 Å². The SMILES string of the molecule is Cc1cc(Nc2nc(C(O)c3ccc(F)cc3)nc3sc(C)cc23)n[nH]1. The third kappa shape index (κ3) is 3.16. The van der Waals surface area contributed by atoms with Gasteiger partial charge in [-0.3, -0.25) is 5.10 Å². The van der Waals surface area contributed by atoms with Crippen LogP contribution in [0.5, 0.6) is 0 Å². The molecule has 0 bridgehead atoms. The van der Waals surface area contributed by atoms with Crippen LogP contribution in [0, 0.1) is 19.7 Å². The lowest BCUT2D eigenvalue weighted by Gasteiger charge is -2.12. The summed E-state index contributed by atoms with van der Waals surface area (Å²) in [6.45, 7) is 3.90. The molecule has 8 heteroatoms. The van der Waals surface area contributed by atoms with Gasteiger partial charge in [0.25, 0.3) is 0 Å². The molecule has 0 saturated carbocycles. The Morgan fingerprint density at radius 2 is 1.92 bits per heavy atom. The van der Waals surface area contributed by atoms with Gasteiger partial charge in [0, 0.05) is 16.6 Å². The van der Waals surface area contributed by atoms with Crippen LogP contribution in [0.1, 0.15) is 28.1 Å². The first kappa shape index (κ1) is 16.6. The molecule has 1 unspecified atom stereocenters. The fraction of sp³-hybridized carbons (Fsp3) is 0.167. The Hall–Kier alpha value is -2.84. The van der Waals surface area contributed by atoms with Gasteiger partial charge >= 0.3 is 0 Å². The lowest BCUT2D eigenvalue weighted by atomic mass is 10.1. The molecule has 0 aliphatic rings. The van der Waals surface area contributed by atoms with Crippen molar-refractivity contribution in [2.24, 2.45) is 0 Å². The molecule has 6 nitrogen and oxygen atoms in total. The summed E-state index contributed by atoms with van der Waals surface area (Å²) in [5, 5.41) is 21.7. The molecule has 0 fully saturated rings. The number of aliphatic hydroxyl groups excluding tert-OH is 1. The fourth-order valence-corrected chi connectivity index (χ4v) is 3.56. The van der Waals surface area contributed by atoms with Crippen molar-refractivity contribution in [3.63, 3.8) is 0 Å². The molecule has 0 amide bonds. The highest BCUT2D eigenvalue weighted by Crippen LogP contribution is 2.32. The van der Waals surface area contributed by atoms with E-state index in [4.69, 9.17) is 0 Å². The van der Waals surface area contributed by atoms with E-state index in [2.05, 4.69) is 25.5 Å². The van der Waals surface area contributed by atoms with E-state index in [1.165, 1.54) is 35.6 Å². The van der Waals surface area contributed by atoms with E-state index in [0.29, 0.717) is 17.2 Å². The summed E-state index contributed by atoms with van der Waals surface area (Å²) in [7, 11) is 0. The molecule has 3 aromatic heterocycles. The topological polar surface area (TPSA) is 86.7 Å². The average Bonchev–Trinajstić information content (AvgIpc) is 3.19. The molecular weight excluding hydrogens is 353 g/mol. The molecule has 0 saturated heterocycles. The molecular formula is C18H16FN5OS. The van der Waals surface area contributed by atoms with Gasteiger partial charge < -0.3 is 10.4 Å². The molecule has 132 valence electrons. The van der Waals surface area contributed by atoms with E-state index < -0.39 is 6.10 Å². The maximum absolute atomic E-state index is 13.1. The lowest BCUT2D eigenvalue weighted by molar-refractivity contribution is 0.210. The van der Waals surface area contributed by atoms with Crippen molar-refractivity contribution in [3.05, 3.63) is 64.2 Å². The number of hydrogen-bond acceptors (Lipinski definition) is 6. The highest BCUT2D eigenvalue weighted by Gasteiger charge is 2.18. The second-order valence-corrected chi connectivity index (χ2v) is 7.26. The summed E-state index contributed by atoms with van der Waals surface area (Å²) >= 11 is 1.52. The first-order valence-electron chi connectivity index (χ1n) is 8.00. The maximum atomic E-state index is 13.1. The van der Waals surface area contributed by atoms with Crippen molar-refractivity contribution in [1.29, 1.82) is 0 Å². The largest absolute Gasteiger partial charge is 0.380 e. The molecule has 26 heavy (non-hydrogen) atoms. The minimum absolute atomic E-state index is 0.251. The van der Waals surface area contributed by atoms with Crippen LogP contribution in [-0.4, -0.2) is 25.3 Å². The number of anilines is 2. The van der Waals surface area contributed by atoms with Crippen LogP contribution < -0.4 is 5.32 Å². The second kappa shape index (κ2) is 6.47. The van der Waals surface area contributed by atoms with Gasteiger partial charge in [0.2, 0.25) is 0 Å². The van der Waals surface area contributed by atoms with E-state index in [1.54, 1.807) is 0 Å². The first-order valence-corrected chi connectivity index (χ1v) is 8.82. The van der Waals surface area contributed by atoms with Crippen molar-refractivity contribution in [3.8, 4) is 0 Å². The van der Waals surface area contributed by atoms with E-state index >= 15 is 0 Å². The van der Waals surface area contributed by atoms with E-state index in [-0.39, 0.29) is 11.6 Å². The predicted molar refractivity (Wildman–Crippen MR) is 99.2 cm³/mol. The Morgan fingerprint density at radius 3 is 2.62 bits per heavy atom. The molecule has 0 aliphatic carbocycles. The maximum Gasteiger partial charge on any atom is 0.165 e. The number of benzene rings is 1. The minimum Gasteiger partial charge on any atom is -0.380 e. The number of hydrogen-bond donors (Lipinski definition) is 3. The minimum atomic E-state index is -1.05. The van der Waals surface area contributed by atoms with Gasteiger partial charge in [-0.15, -0.1) is 11.3 Å². The molecule has 0 radical (unpaired) electrons. The van der Waals surface area contributed by atoms with Gasteiger partial charge in [0.1, 0.15) is 22.6 Å². The number of thiophene rings is 1. The zero-order valence-corrected chi connectivity index (χ0v) is 14.9. The number of H-pyrrole nitrogens is 1. The van der Waals surface area contributed by atoms with Crippen LogP contribution in [0.2, 0.25) is 0 Å². The molecule has 1 atom stereocenters. The third-order valence-electron chi connectivity index (χ3n) is 3.92. The van der Waals surface area contributed by atoms with Crippen LogP contribution in [-0.2, 0) is 0 Å². The van der Waals surface area contributed by atoms with Crippen molar-refractivity contribution >= 4 is 33.2 Å². The van der Waals surface area contributed by atoms with Crippen LogP contribution in [0.4, 0.5) is 16.0 Å². The number of nitrogens with zero attached hydrogens (tertiary/aromatic N) is 3. The number of halogens is 1. The van der Waals surface area contributed by atoms with Crippen LogP contribution in [0.15, 0.2) is 36.4 Å². The molecule has 4 rings (SSSR count). The number of nitrogens with one attached hydrogen (secondary N) is 2. The van der Waals surface area contributed by atoms with Gasteiger partial charge in [-0.2, -0.15) is 5.10 Å². The third-order valence-corrected chi connectivity index (χ3v) is 4.86. The first-order chi connectivity index (χ1) is 12.5. The normalized spacial score (nSPS) is 12.5. The number of aliphatic hydroxyl groups is 1. The fourth-order valence-electron chi connectivity index (χ4n) is 2.67. The quantitative estimate of drug-likeness (QED) is 0.506. The van der Waals surface area contributed by atoms with Gasteiger partial charge in [0.15, 0.2) is 11.6 Å². The van der Waals surface area contributed by atoms with E-state index in [1.807, 2.05) is 26.0 Å². The van der Waals surface area contributed by atoms with Crippen LogP contribution in [0.25, 0.3) is 10.2 Å². The summed E-state index contributed by atoms with van der Waals surface area (Å²) in [5.74, 6) is 1.10. The van der Waals surface area contributed by atoms with Crippen molar-refractivity contribution < 1.29 is 9.50 Å².